The number of aryl methyl sites for hydroxylation is 1. The van der Waals surface area contributed by atoms with Crippen LogP contribution in [0.25, 0.3) is 5.57 Å². The van der Waals surface area contributed by atoms with Crippen LogP contribution in [0.3, 0.4) is 0 Å². The number of carbonyl (C=O) groups is 1. The average molecular weight is 319 g/mol. The van der Waals surface area contributed by atoms with Gasteiger partial charge in [0.2, 0.25) is 0 Å². The van der Waals surface area contributed by atoms with Gasteiger partial charge in [-0.3, -0.25) is 14.6 Å². The fourth-order valence-electron chi connectivity index (χ4n) is 2.98. The molecule has 0 saturated heterocycles. The second-order valence-corrected chi connectivity index (χ2v) is 5.90. The van der Waals surface area contributed by atoms with Gasteiger partial charge in [0.15, 0.2) is 5.69 Å². The molecule has 6 nitrogen and oxygen atoms in total. The van der Waals surface area contributed by atoms with Gasteiger partial charge in [0.1, 0.15) is 0 Å². The minimum Gasteiger partial charge on any atom is -0.318 e. The molecule has 1 aromatic carbocycles. The molecule has 0 aliphatic heterocycles. The fraction of sp³-hybridized carbons (Fsp3) is 0.167. The Hall–Kier alpha value is -3.15. The highest BCUT2D eigenvalue weighted by Gasteiger charge is 2.25. The molecule has 6 heteroatoms. The number of aromatic nitrogens is 4. The smallest absolute Gasteiger partial charge is 0.276 e. The molecule has 0 bridgehead atoms. The molecule has 0 spiro atoms. The molecule has 2 heterocycles. The highest BCUT2D eigenvalue weighted by molar-refractivity contribution is 6.06. The van der Waals surface area contributed by atoms with Gasteiger partial charge in [-0.1, -0.05) is 36.9 Å². The van der Waals surface area contributed by atoms with Crippen LogP contribution in [0.5, 0.6) is 0 Å². The summed E-state index contributed by atoms with van der Waals surface area (Å²) in [7, 11) is 0. The van der Waals surface area contributed by atoms with Crippen molar-refractivity contribution in [1.29, 1.82) is 0 Å². The van der Waals surface area contributed by atoms with Gasteiger partial charge in [0.25, 0.3) is 5.91 Å². The number of aromatic amines is 1. The van der Waals surface area contributed by atoms with Crippen molar-refractivity contribution in [2.24, 2.45) is 0 Å². The summed E-state index contributed by atoms with van der Waals surface area (Å²) >= 11 is 0. The van der Waals surface area contributed by atoms with Gasteiger partial charge in [0, 0.05) is 17.5 Å². The predicted molar refractivity (Wildman–Crippen MR) is 91.7 cm³/mol. The Bertz CT molecular complexity index is 907. The molecule has 4 rings (SSSR count). The van der Waals surface area contributed by atoms with Gasteiger partial charge in [-0.25, -0.2) is 0 Å². The van der Waals surface area contributed by atoms with Crippen LogP contribution in [0.15, 0.2) is 49.3 Å². The van der Waals surface area contributed by atoms with Gasteiger partial charge in [-0.05, 0) is 24.0 Å². The number of hydrogen-bond acceptors (Lipinski definition) is 3. The number of benzene rings is 1. The van der Waals surface area contributed by atoms with Crippen molar-refractivity contribution in [3.8, 4) is 0 Å². The van der Waals surface area contributed by atoms with Gasteiger partial charge in [-0.2, -0.15) is 10.2 Å². The maximum Gasteiger partial charge on any atom is 0.276 e. The van der Waals surface area contributed by atoms with Crippen molar-refractivity contribution in [2.45, 2.75) is 19.4 Å². The maximum absolute atomic E-state index is 12.5. The maximum atomic E-state index is 12.5. The molecule has 0 saturated carbocycles. The van der Waals surface area contributed by atoms with Crippen LogP contribution in [0, 0.1) is 0 Å². The fourth-order valence-corrected chi connectivity index (χ4v) is 2.98. The summed E-state index contributed by atoms with van der Waals surface area (Å²) in [6, 6.07) is 10.0. The molecular weight excluding hydrogens is 302 g/mol. The zero-order valence-electron chi connectivity index (χ0n) is 13.1. The van der Waals surface area contributed by atoms with Crippen molar-refractivity contribution in [3.63, 3.8) is 0 Å². The number of H-pyrrole nitrogens is 1. The number of allylic oxidation sites excluding steroid dienone is 1. The first-order chi connectivity index (χ1) is 11.7. The molecule has 1 amide bonds. The quantitative estimate of drug-likeness (QED) is 0.776. The summed E-state index contributed by atoms with van der Waals surface area (Å²) in [5.41, 5.74) is 5.03. The van der Waals surface area contributed by atoms with Crippen molar-refractivity contribution in [2.75, 3.05) is 5.32 Å². The summed E-state index contributed by atoms with van der Waals surface area (Å²) in [6.07, 6.45) is 5.19. The van der Waals surface area contributed by atoms with Crippen LogP contribution in [0.1, 0.15) is 33.7 Å². The number of anilines is 1. The molecule has 0 atom stereocenters. The van der Waals surface area contributed by atoms with Crippen LogP contribution in [0.2, 0.25) is 0 Å². The van der Waals surface area contributed by atoms with Gasteiger partial charge in [0.05, 0.1) is 18.4 Å². The first-order valence-corrected chi connectivity index (χ1v) is 7.84. The number of amides is 1. The Kier molecular flexibility index (Phi) is 3.49. The van der Waals surface area contributed by atoms with E-state index >= 15 is 0 Å². The average Bonchev–Trinajstić information content (AvgIpc) is 3.27. The molecule has 2 aromatic heterocycles. The van der Waals surface area contributed by atoms with Crippen LogP contribution in [-0.2, 0) is 13.0 Å². The molecule has 1 aliphatic rings. The lowest BCUT2D eigenvalue weighted by atomic mass is 10.1. The number of nitrogens with one attached hydrogen (secondary N) is 2. The third-order valence-corrected chi connectivity index (χ3v) is 4.17. The summed E-state index contributed by atoms with van der Waals surface area (Å²) in [5, 5.41) is 14.2. The van der Waals surface area contributed by atoms with Crippen molar-refractivity contribution in [3.05, 3.63) is 71.8 Å². The van der Waals surface area contributed by atoms with Crippen LogP contribution < -0.4 is 5.32 Å². The van der Waals surface area contributed by atoms with Crippen LogP contribution >= 0.6 is 0 Å². The van der Waals surface area contributed by atoms with E-state index in [1.165, 1.54) is 0 Å². The van der Waals surface area contributed by atoms with Crippen LogP contribution in [-0.4, -0.2) is 25.9 Å². The zero-order valence-corrected chi connectivity index (χ0v) is 13.1. The van der Waals surface area contributed by atoms with E-state index in [0.717, 1.165) is 35.2 Å². The van der Waals surface area contributed by atoms with Gasteiger partial charge < -0.3 is 5.32 Å². The van der Waals surface area contributed by atoms with E-state index in [-0.39, 0.29) is 5.91 Å². The molecule has 24 heavy (non-hydrogen) atoms. The number of fused-ring (bicyclic) bond motifs is 1. The summed E-state index contributed by atoms with van der Waals surface area (Å²) in [4.78, 5) is 12.5. The Morgan fingerprint density at radius 1 is 1.29 bits per heavy atom. The molecule has 0 fully saturated rings. The Balaban J connectivity index is 1.48. The molecule has 2 N–H and O–H groups in total. The molecule has 120 valence electrons. The Labute approximate surface area is 139 Å². The second kappa shape index (κ2) is 5.81. The molecular formula is C18H17N5O. The summed E-state index contributed by atoms with van der Waals surface area (Å²) < 4.78 is 1.79. The normalized spacial score (nSPS) is 13.1. The Morgan fingerprint density at radius 2 is 2.12 bits per heavy atom. The topological polar surface area (TPSA) is 75.6 Å². The van der Waals surface area contributed by atoms with E-state index in [1.54, 1.807) is 10.9 Å². The molecule has 1 aliphatic carbocycles. The summed E-state index contributed by atoms with van der Waals surface area (Å²) in [5.74, 6) is -0.241. The highest BCUT2D eigenvalue weighted by Crippen LogP contribution is 2.32. The standard InChI is InChI=1S/C18H17N5O/c1-12-7-8-15-16(12)17(22-21-15)18(24)20-14-9-19-23(11-14)10-13-5-3-2-4-6-13/h2-6,9,11H,1,7-8,10H2,(H,20,24)(H,21,22). The number of nitrogens with zero attached hydrogens (tertiary/aromatic N) is 3. The Morgan fingerprint density at radius 3 is 2.96 bits per heavy atom. The molecule has 3 aromatic rings. The summed E-state index contributed by atoms with van der Waals surface area (Å²) in [6.45, 7) is 4.67. The lowest BCUT2D eigenvalue weighted by Crippen LogP contribution is -2.13. The number of hydrogen-bond donors (Lipinski definition) is 2. The predicted octanol–water partition coefficient (Wildman–Crippen LogP) is 2.87. The van der Waals surface area contributed by atoms with Crippen LogP contribution in [0.4, 0.5) is 5.69 Å². The van der Waals surface area contributed by atoms with Crippen molar-refractivity contribution >= 4 is 17.2 Å². The zero-order chi connectivity index (χ0) is 16.5. The SMILES string of the molecule is C=C1CCc2[nH]nc(C(=O)Nc3cnn(Cc4ccccc4)c3)c21. The monoisotopic (exact) mass is 319 g/mol. The number of rotatable bonds is 4. The lowest BCUT2D eigenvalue weighted by Gasteiger charge is -2.03. The minimum absolute atomic E-state index is 0.241. The van der Waals surface area contributed by atoms with Gasteiger partial charge in [-0.15, -0.1) is 0 Å². The van der Waals surface area contributed by atoms with E-state index in [2.05, 4.69) is 27.2 Å². The molecule has 0 unspecified atom stereocenters. The first kappa shape index (κ1) is 14.4. The van der Waals surface area contributed by atoms with Gasteiger partial charge >= 0.3 is 0 Å². The third kappa shape index (κ3) is 2.62. The second-order valence-electron chi connectivity index (χ2n) is 5.90. The first-order valence-electron chi connectivity index (χ1n) is 7.84. The minimum atomic E-state index is -0.241. The van der Waals surface area contributed by atoms with Crippen molar-refractivity contribution in [1.82, 2.24) is 20.0 Å². The van der Waals surface area contributed by atoms with E-state index in [4.69, 9.17) is 0 Å². The largest absolute Gasteiger partial charge is 0.318 e. The van der Waals surface area contributed by atoms with E-state index in [0.29, 0.717) is 17.9 Å². The lowest BCUT2D eigenvalue weighted by molar-refractivity contribution is 0.102. The third-order valence-electron chi connectivity index (χ3n) is 4.17. The highest BCUT2D eigenvalue weighted by atomic mass is 16.2. The van der Waals surface area contributed by atoms with Crippen molar-refractivity contribution < 1.29 is 4.79 Å². The molecule has 0 radical (unpaired) electrons. The van der Waals surface area contributed by atoms with E-state index in [1.807, 2.05) is 36.5 Å². The van der Waals surface area contributed by atoms with E-state index < -0.39 is 0 Å². The number of carbonyl (C=O) groups excluding carboxylic acids is 1. The van der Waals surface area contributed by atoms with E-state index in [9.17, 15) is 4.79 Å².